The summed E-state index contributed by atoms with van der Waals surface area (Å²) in [5.74, 6) is 0.0597. The second-order valence-corrected chi connectivity index (χ2v) is 3.51. The molecule has 0 aliphatic heterocycles. The van der Waals surface area contributed by atoms with Crippen LogP contribution in [0.5, 0.6) is 5.75 Å². The average Bonchev–Trinajstić information content (AvgIpc) is 2.83. The van der Waals surface area contributed by atoms with E-state index < -0.39 is 11.8 Å². The molecule has 0 saturated heterocycles. The van der Waals surface area contributed by atoms with Crippen molar-refractivity contribution in [3.05, 3.63) is 29.8 Å². The molecule has 1 fully saturated rings. The summed E-state index contributed by atoms with van der Waals surface area (Å²) >= 11 is 0. The van der Waals surface area contributed by atoms with E-state index in [1.165, 1.54) is 12.1 Å². The Bertz CT molecular complexity index is 318. The molecule has 1 N–H and O–H groups in total. The van der Waals surface area contributed by atoms with Gasteiger partial charge in [0, 0.05) is 0 Å². The summed E-state index contributed by atoms with van der Waals surface area (Å²) in [6, 6.07) is 6.18. The Morgan fingerprint density at radius 3 is 2.46 bits per heavy atom. The maximum absolute atomic E-state index is 12.6. The van der Waals surface area contributed by atoms with E-state index in [0.29, 0.717) is 18.4 Å². The summed E-state index contributed by atoms with van der Waals surface area (Å²) in [6.45, 7) is 0. The third-order valence-corrected chi connectivity index (χ3v) is 2.63. The Kier molecular flexibility index (Phi) is 1.75. The lowest BCUT2D eigenvalue weighted by molar-refractivity contribution is 0.102. The van der Waals surface area contributed by atoms with Crippen LogP contribution in [-0.2, 0) is 5.41 Å². The first-order valence-electron chi connectivity index (χ1n) is 4.23. The number of hydrogen-bond acceptors (Lipinski definition) is 1. The van der Waals surface area contributed by atoms with Crippen LogP contribution >= 0.6 is 0 Å². The maximum Gasteiger partial charge on any atom is 0.248 e. The van der Waals surface area contributed by atoms with Crippen LogP contribution in [0.1, 0.15) is 18.4 Å². The quantitative estimate of drug-likeness (QED) is 0.749. The second kappa shape index (κ2) is 2.69. The Morgan fingerprint density at radius 2 is 2.00 bits per heavy atom. The molecule has 1 aliphatic rings. The lowest BCUT2D eigenvalue weighted by Crippen LogP contribution is -2.16. The molecule has 70 valence electrons. The lowest BCUT2D eigenvalue weighted by Gasteiger charge is -2.14. The highest BCUT2D eigenvalue weighted by Crippen LogP contribution is 2.53. The number of aromatic hydroxyl groups is 1. The molecule has 1 nitrogen and oxygen atoms in total. The van der Waals surface area contributed by atoms with Crippen molar-refractivity contribution in [1.82, 2.24) is 0 Å². The molecule has 1 aromatic carbocycles. The van der Waals surface area contributed by atoms with E-state index in [0.717, 1.165) is 0 Å². The topological polar surface area (TPSA) is 20.2 Å². The van der Waals surface area contributed by atoms with Crippen LogP contribution in [0.15, 0.2) is 24.3 Å². The van der Waals surface area contributed by atoms with E-state index in [9.17, 15) is 8.78 Å². The number of benzene rings is 1. The standard InChI is InChI=1S/C10H10F2O/c11-9(12)10(4-5-10)7-2-1-3-8(13)6-7/h1-3,6,9,13H,4-5H2. The maximum atomic E-state index is 12.6. The summed E-state index contributed by atoms with van der Waals surface area (Å²) in [7, 11) is 0. The number of phenolic OH excluding ortho intramolecular Hbond substituents is 1. The minimum atomic E-state index is -2.32. The fraction of sp³-hybridized carbons (Fsp3) is 0.400. The third-order valence-electron chi connectivity index (χ3n) is 2.63. The van der Waals surface area contributed by atoms with E-state index in [2.05, 4.69) is 0 Å². The minimum Gasteiger partial charge on any atom is -0.508 e. The van der Waals surface area contributed by atoms with Gasteiger partial charge >= 0.3 is 0 Å². The summed E-state index contributed by atoms with van der Waals surface area (Å²) in [6.07, 6.45) is -1.28. The van der Waals surface area contributed by atoms with Crippen LogP contribution in [0.25, 0.3) is 0 Å². The molecular formula is C10H10F2O. The van der Waals surface area contributed by atoms with Gasteiger partial charge in [0.2, 0.25) is 6.43 Å². The van der Waals surface area contributed by atoms with E-state index >= 15 is 0 Å². The first kappa shape index (κ1) is 8.48. The fourth-order valence-electron chi connectivity index (χ4n) is 1.58. The molecule has 0 spiro atoms. The van der Waals surface area contributed by atoms with E-state index in [4.69, 9.17) is 5.11 Å². The average molecular weight is 184 g/mol. The zero-order chi connectivity index (χ0) is 9.47. The van der Waals surface area contributed by atoms with Gasteiger partial charge in [-0.05, 0) is 30.5 Å². The molecule has 1 saturated carbocycles. The second-order valence-electron chi connectivity index (χ2n) is 3.51. The van der Waals surface area contributed by atoms with Crippen molar-refractivity contribution < 1.29 is 13.9 Å². The molecule has 1 aliphatic carbocycles. The van der Waals surface area contributed by atoms with Crippen LogP contribution < -0.4 is 0 Å². The van der Waals surface area contributed by atoms with Gasteiger partial charge in [0.15, 0.2) is 0 Å². The Labute approximate surface area is 75.0 Å². The SMILES string of the molecule is Oc1cccc(C2(C(F)F)CC2)c1. The molecule has 3 heteroatoms. The molecule has 0 bridgehead atoms. The molecule has 0 unspecified atom stereocenters. The number of halogens is 2. The van der Waals surface area contributed by atoms with Crippen molar-refractivity contribution in [1.29, 1.82) is 0 Å². The third kappa shape index (κ3) is 1.28. The normalized spacial score (nSPS) is 19.0. The Balaban J connectivity index is 2.35. The van der Waals surface area contributed by atoms with Crippen molar-refractivity contribution in [2.45, 2.75) is 24.7 Å². The lowest BCUT2D eigenvalue weighted by atomic mass is 9.96. The van der Waals surface area contributed by atoms with Gasteiger partial charge in [-0.3, -0.25) is 0 Å². The van der Waals surface area contributed by atoms with Gasteiger partial charge in [-0.15, -0.1) is 0 Å². The smallest absolute Gasteiger partial charge is 0.248 e. The highest BCUT2D eigenvalue weighted by atomic mass is 19.3. The van der Waals surface area contributed by atoms with Crippen molar-refractivity contribution in [2.24, 2.45) is 0 Å². The van der Waals surface area contributed by atoms with Gasteiger partial charge in [0.1, 0.15) is 5.75 Å². The predicted molar refractivity (Wildman–Crippen MR) is 45.0 cm³/mol. The molecule has 0 heterocycles. The largest absolute Gasteiger partial charge is 0.508 e. The molecule has 0 radical (unpaired) electrons. The summed E-state index contributed by atoms with van der Waals surface area (Å²) < 4.78 is 25.2. The van der Waals surface area contributed by atoms with Gasteiger partial charge in [-0.25, -0.2) is 8.78 Å². The van der Waals surface area contributed by atoms with Crippen LogP contribution in [-0.4, -0.2) is 11.5 Å². The zero-order valence-corrected chi connectivity index (χ0v) is 7.00. The summed E-state index contributed by atoms with van der Waals surface area (Å²) in [5, 5.41) is 9.14. The van der Waals surface area contributed by atoms with Gasteiger partial charge < -0.3 is 5.11 Å². The van der Waals surface area contributed by atoms with Gasteiger partial charge in [0.25, 0.3) is 0 Å². The number of alkyl halides is 2. The van der Waals surface area contributed by atoms with Gasteiger partial charge in [0.05, 0.1) is 5.41 Å². The summed E-state index contributed by atoms with van der Waals surface area (Å²) in [4.78, 5) is 0. The molecule has 0 aromatic heterocycles. The van der Waals surface area contributed by atoms with E-state index in [1.807, 2.05) is 0 Å². The first-order valence-corrected chi connectivity index (χ1v) is 4.23. The number of hydrogen-bond donors (Lipinski definition) is 1. The Hall–Kier alpha value is -1.12. The number of rotatable bonds is 2. The Morgan fingerprint density at radius 1 is 1.31 bits per heavy atom. The van der Waals surface area contributed by atoms with Crippen LogP contribution in [0, 0.1) is 0 Å². The minimum absolute atomic E-state index is 0.0597. The molecule has 0 amide bonds. The molecule has 1 aromatic rings. The van der Waals surface area contributed by atoms with Crippen LogP contribution in [0.3, 0.4) is 0 Å². The van der Waals surface area contributed by atoms with Crippen LogP contribution in [0.2, 0.25) is 0 Å². The first-order chi connectivity index (χ1) is 6.15. The predicted octanol–water partition coefficient (Wildman–Crippen LogP) is 2.69. The number of phenols is 1. The highest BCUT2D eigenvalue weighted by molar-refractivity contribution is 5.37. The van der Waals surface area contributed by atoms with E-state index in [1.54, 1.807) is 12.1 Å². The molecular weight excluding hydrogens is 174 g/mol. The highest BCUT2D eigenvalue weighted by Gasteiger charge is 2.52. The monoisotopic (exact) mass is 184 g/mol. The van der Waals surface area contributed by atoms with Gasteiger partial charge in [-0.1, -0.05) is 12.1 Å². The van der Waals surface area contributed by atoms with E-state index in [-0.39, 0.29) is 5.75 Å². The molecule has 0 atom stereocenters. The zero-order valence-electron chi connectivity index (χ0n) is 7.00. The molecule has 2 rings (SSSR count). The summed E-state index contributed by atoms with van der Waals surface area (Å²) in [5.41, 5.74) is -0.402. The van der Waals surface area contributed by atoms with Gasteiger partial charge in [-0.2, -0.15) is 0 Å². The molecule has 13 heavy (non-hydrogen) atoms. The van der Waals surface area contributed by atoms with Crippen LogP contribution in [0.4, 0.5) is 8.78 Å². The van der Waals surface area contributed by atoms with Crippen molar-refractivity contribution in [3.8, 4) is 5.75 Å². The fourth-order valence-corrected chi connectivity index (χ4v) is 1.58. The van der Waals surface area contributed by atoms with Crippen molar-refractivity contribution in [2.75, 3.05) is 0 Å². The van der Waals surface area contributed by atoms with Crippen molar-refractivity contribution in [3.63, 3.8) is 0 Å². The van der Waals surface area contributed by atoms with Crippen molar-refractivity contribution >= 4 is 0 Å².